The van der Waals surface area contributed by atoms with Crippen molar-refractivity contribution < 1.29 is 23.5 Å². The van der Waals surface area contributed by atoms with Crippen LogP contribution in [0.4, 0.5) is 14.9 Å². The molecule has 0 aromatic heterocycles. The molecule has 2 aliphatic rings. The highest BCUT2D eigenvalue weighted by molar-refractivity contribution is 5.98. The topological polar surface area (TPSA) is 94.2 Å². The number of halogens is 1. The summed E-state index contributed by atoms with van der Waals surface area (Å²) in [6, 6.07) is 5.18. The molecule has 2 N–H and O–H groups in total. The Balaban J connectivity index is 1.92. The number of amides is 3. The Labute approximate surface area is 187 Å². The van der Waals surface area contributed by atoms with E-state index < -0.39 is 17.7 Å². The van der Waals surface area contributed by atoms with Gasteiger partial charge in [-0.2, -0.15) is 0 Å². The highest BCUT2D eigenvalue weighted by atomic mass is 19.1. The third-order valence-corrected chi connectivity index (χ3v) is 5.63. The summed E-state index contributed by atoms with van der Waals surface area (Å²) in [4.78, 5) is 38.4. The summed E-state index contributed by atoms with van der Waals surface area (Å²) in [6.45, 7) is 6.72. The van der Waals surface area contributed by atoms with Crippen molar-refractivity contribution in [2.24, 2.45) is 0 Å². The summed E-state index contributed by atoms with van der Waals surface area (Å²) in [7, 11) is 3.13. The summed E-state index contributed by atoms with van der Waals surface area (Å²) in [6.07, 6.45) is 1.21. The van der Waals surface area contributed by atoms with Gasteiger partial charge >= 0.3 is 6.09 Å². The van der Waals surface area contributed by atoms with Crippen LogP contribution >= 0.6 is 0 Å². The summed E-state index contributed by atoms with van der Waals surface area (Å²) in [5, 5.41) is 9.08. The number of methoxy groups -OCH3 is 1. The number of hydrazine groups is 1. The number of hydrogen-bond acceptors (Lipinski definition) is 6. The van der Waals surface area contributed by atoms with Crippen LogP contribution in [0.5, 0.6) is 0 Å². The molecule has 2 unspecified atom stereocenters. The number of nitrogens with zero attached hydrogens (tertiary/aromatic N) is 3. The number of likely N-dealkylation sites (N-methyl/N-ethyl adjacent to an activating group) is 1. The number of piperazine rings is 1. The minimum atomic E-state index is -2.03. The van der Waals surface area contributed by atoms with Crippen molar-refractivity contribution in [3.8, 4) is 0 Å². The molecule has 174 valence electrons. The van der Waals surface area contributed by atoms with E-state index in [1.807, 2.05) is 49.1 Å². The quantitative estimate of drug-likeness (QED) is 0.720. The first-order valence-electron chi connectivity index (χ1n) is 10.4. The fourth-order valence-electron chi connectivity index (χ4n) is 3.96. The lowest BCUT2D eigenvalue weighted by Crippen LogP contribution is -2.57. The predicted molar refractivity (Wildman–Crippen MR) is 117 cm³/mol. The first-order valence-corrected chi connectivity index (χ1v) is 10.4. The van der Waals surface area contributed by atoms with E-state index in [2.05, 4.69) is 15.4 Å². The van der Waals surface area contributed by atoms with Crippen molar-refractivity contribution in [2.75, 3.05) is 32.7 Å². The van der Waals surface area contributed by atoms with Crippen LogP contribution in [0.25, 0.3) is 0 Å². The first-order chi connectivity index (χ1) is 14.9. The zero-order valence-corrected chi connectivity index (χ0v) is 19.2. The number of hydrogen-bond donors (Lipinski definition) is 2. The molecule has 0 spiro atoms. The van der Waals surface area contributed by atoms with Crippen molar-refractivity contribution >= 4 is 23.6 Å². The van der Waals surface area contributed by atoms with Crippen molar-refractivity contribution in [3.05, 3.63) is 41.1 Å². The van der Waals surface area contributed by atoms with E-state index >= 15 is 0 Å². The number of anilines is 1. The Kier molecular flexibility index (Phi) is 6.45. The average molecular weight is 448 g/mol. The van der Waals surface area contributed by atoms with Crippen LogP contribution in [-0.2, 0) is 14.3 Å². The molecular formula is C22H30FN5O4. The maximum Gasteiger partial charge on any atom is 0.408 e. The molecule has 2 heterocycles. The number of carbonyl (C=O) groups excluding carboxylic acids is 3. The lowest BCUT2D eigenvalue weighted by atomic mass is 10.0. The van der Waals surface area contributed by atoms with E-state index in [-0.39, 0.29) is 24.7 Å². The average Bonchev–Trinajstić information content (AvgIpc) is 3.06. The number of aryl methyl sites for hydroxylation is 1. The van der Waals surface area contributed by atoms with Crippen LogP contribution in [0.3, 0.4) is 0 Å². The fourth-order valence-corrected chi connectivity index (χ4v) is 3.96. The van der Waals surface area contributed by atoms with Gasteiger partial charge in [-0.05, 0) is 51.0 Å². The van der Waals surface area contributed by atoms with Gasteiger partial charge in [-0.15, -0.1) is 0 Å². The third-order valence-electron chi connectivity index (χ3n) is 5.63. The maximum absolute atomic E-state index is 14.2. The monoisotopic (exact) mass is 447 g/mol. The largest absolute Gasteiger partial charge is 0.453 e. The van der Waals surface area contributed by atoms with E-state index in [0.717, 1.165) is 11.1 Å². The maximum atomic E-state index is 14.2. The lowest BCUT2D eigenvalue weighted by Gasteiger charge is -2.43. The summed E-state index contributed by atoms with van der Waals surface area (Å²) >= 11 is 0. The van der Waals surface area contributed by atoms with E-state index in [0.29, 0.717) is 17.9 Å². The number of alkyl halides is 1. The third kappa shape index (κ3) is 4.55. The Hall–Kier alpha value is -3.14. The summed E-state index contributed by atoms with van der Waals surface area (Å²) < 4.78 is 18.7. The van der Waals surface area contributed by atoms with Crippen LogP contribution in [-0.4, -0.2) is 71.9 Å². The minimum absolute atomic E-state index is 0.0346. The predicted octanol–water partition coefficient (Wildman–Crippen LogP) is 2.31. The van der Waals surface area contributed by atoms with E-state index in [4.69, 9.17) is 0 Å². The SMILES string of the molecule is COC(=O)NCN1CC(C)N2C(=CC(c3ccc(C)cc3NC(=O)C(C)(C)F)N2C)C1=O. The Bertz CT molecular complexity index is 958. The van der Waals surface area contributed by atoms with Gasteiger partial charge < -0.3 is 20.3 Å². The number of ether oxygens (including phenoxy) is 1. The van der Waals surface area contributed by atoms with Gasteiger partial charge in [-0.3, -0.25) is 14.6 Å². The zero-order chi connectivity index (χ0) is 23.8. The van der Waals surface area contributed by atoms with Crippen LogP contribution < -0.4 is 10.6 Å². The Morgan fingerprint density at radius 3 is 2.62 bits per heavy atom. The molecule has 32 heavy (non-hydrogen) atoms. The van der Waals surface area contributed by atoms with Crippen LogP contribution in [0.1, 0.15) is 37.9 Å². The van der Waals surface area contributed by atoms with Crippen LogP contribution in [0, 0.1) is 6.92 Å². The van der Waals surface area contributed by atoms with E-state index in [1.165, 1.54) is 21.0 Å². The number of fused-ring (bicyclic) bond motifs is 1. The van der Waals surface area contributed by atoms with Gasteiger partial charge in [0.2, 0.25) is 0 Å². The number of nitrogens with one attached hydrogen (secondary N) is 2. The lowest BCUT2D eigenvalue weighted by molar-refractivity contribution is -0.139. The van der Waals surface area contributed by atoms with Gasteiger partial charge in [-0.25, -0.2) is 14.2 Å². The molecule has 3 rings (SSSR count). The molecule has 2 atom stereocenters. The van der Waals surface area contributed by atoms with Gasteiger partial charge in [-0.1, -0.05) is 12.1 Å². The molecule has 9 nitrogen and oxygen atoms in total. The van der Waals surface area contributed by atoms with Gasteiger partial charge in [0.1, 0.15) is 5.70 Å². The molecule has 1 aromatic carbocycles. The Morgan fingerprint density at radius 2 is 2.00 bits per heavy atom. The van der Waals surface area contributed by atoms with Gasteiger partial charge in [0.15, 0.2) is 5.67 Å². The van der Waals surface area contributed by atoms with Crippen LogP contribution in [0.2, 0.25) is 0 Å². The van der Waals surface area contributed by atoms with Crippen molar-refractivity contribution in [1.29, 1.82) is 0 Å². The fraction of sp³-hybridized carbons (Fsp3) is 0.500. The standard InChI is InChI=1S/C22H30FN5O4/c1-13-7-8-15(16(9-13)25-20(30)22(3,4)23)17-10-18-19(29)27(12-24-21(31)32-6)11-14(2)28(18)26(17)5/h7-10,14,17H,11-12H2,1-6H3,(H,24,31)(H,25,30). The van der Waals surface area contributed by atoms with Crippen molar-refractivity contribution in [2.45, 2.75) is 45.4 Å². The summed E-state index contributed by atoms with van der Waals surface area (Å²) in [5.41, 5.74) is 0.606. The molecule has 1 fully saturated rings. The molecular weight excluding hydrogens is 417 g/mol. The van der Waals surface area contributed by atoms with Crippen molar-refractivity contribution in [3.63, 3.8) is 0 Å². The molecule has 3 amide bonds. The second-order valence-electron chi connectivity index (χ2n) is 8.64. The smallest absolute Gasteiger partial charge is 0.408 e. The molecule has 10 heteroatoms. The molecule has 0 radical (unpaired) electrons. The van der Waals surface area contributed by atoms with Gasteiger partial charge in [0.25, 0.3) is 11.8 Å². The molecule has 0 aliphatic carbocycles. The van der Waals surface area contributed by atoms with E-state index in [1.54, 1.807) is 11.0 Å². The zero-order valence-electron chi connectivity index (χ0n) is 19.2. The second kappa shape index (κ2) is 8.78. The first kappa shape index (κ1) is 23.5. The molecule has 1 saturated heterocycles. The number of rotatable bonds is 5. The van der Waals surface area contributed by atoms with Gasteiger partial charge in [0.05, 0.1) is 25.9 Å². The highest BCUT2D eigenvalue weighted by Crippen LogP contribution is 2.39. The highest BCUT2D eigenvalue weighted by Gasteiger charge is 2.43. The molecule has 2 aliphatic heterocycles. The van der Waals surface area contributed by atoms with E-state index in [9.17, 15) is 18.8 Å². The molecule has 0 bridgehead atoms. The van der Waals surface area contributed by atoms with Gasteiger partial charge in [0, 0.05) is 19.3 Å². The number of carbonyl (C=O) groups is 3. The Morgan fingerprint density at radius 1 is 1.31 bits per heavy atom. The summed E-state index contributed by atoms with van der Waals surface area (Å²) in [5.74, 6) is -0.962. The second-order valence-corrected chi connectivity index (χ2v) is 8.64. The molecule has 0 saturated carbocycles. The van der Waals surface area contributed by atoms with Crippen LogP contribution in [0.15, 0.2) is 30.0 Å². The number of benzene rings is 1. The molecule has 1 aromatic rings. The number of alkyl carbamates (subject to hydrolysis) is 1. The normalized spacial score (nSPS) is 21.2. The minimum Gasteiger partial charge on any atom is -0.453 e. The van der Waals surface area contributed by atoms with Crippen molar-refractivity contribution in [1.82, 2.24) is 20.2 Å².